The van der Waals surface area contributed by atoms with Crippen LogP contribution in [0, 0.1) is 0 Å². The van der Waals surface area contributed by atoms with Crippen molar-refractivity contribution in [3.05, 3.63) is 24.0 Å². The molecule has 1 atom stereocenters. The molecular weight excluding hydrogens is 198 g/mol. The third kappa shape index (κ3) is 1.88. The summed E-state index contributed by atoms with van der Waals surface area (Å²) in [6.07, 6.45) is 2.31. The highest BCUT2D eigenvalue weighted by molar-refractivity contribution is 5.99. The maximum atomic E-state index is 11.4. The van der Waals surface area contributed by atoms with Gasteiger partial charge in [0.2, 0.25) is 5.91 Å². The number of carboxylic acid groups (broad SMARTS) is 1. The van der Waals surface area contributed by atoms with Gasteiger partial charge in [0.25, 0.3) is 0 Å². The zero-order valence-corrected chi connectivity index (χ0v) is 7.73. The summed E-state index contributed by atoms with van der Waals surface area (Å²) in [7, 11) is 0. The maximum absolute atomic E-state index is 11.4. The van der Waals surface area contributed by atoms with Crippen molar-refractivity contribution in [3.8, 4) is 0 Å². The monoisotopic (exact) mass is 207 g/mol. The number of amides is 2. The first-order valence-corrected chi connectivity index (χ1v) is 4.40. The quantitative estimate of drug-likeness (QED) is 0.614. The van der Waals surface area contributed by atoms with E-state index in [9.17, 15) is 9.59 Å². The van der Waals surface area contributed by atoms with Crippen LogP contribution in [-0.4, -0.2) is 28.1 Å². The highest BCUT2D eigenvalue weighted by Crippen LogP contribution is 2.20. The Hall–Kier alpha value is -2.11. The minimum atomic E-state index is -1.20. The van der Waals surface area contributed by atoms with E-state index in [4.69, 9.17) is 5.11 Å². The van der Waals surface area contributed by atoms with Crippen molar-refractivity contribution >= 4 is 17.7 Å². The number of nitrogens with zero attached hydrogens (tertiary/aromatic N) is 1. The fourth-order valence-corrected chi connectivity index (χ4v) is 1.51. The first-order valence-electron chi connectivity index (χ1n) is 4.40. The molecule has 15 heavy (non-hydrogen) atoms. The molecule has 0 bridgehead atoms. The van der Waals surface area contributed by atoms with Crippen LogP contribution in [0.3, 0.4) is 0 Å². The van der Waals surface area contributed by atoms with Gasteiger partial charge in [-0.3, -0.25) is 9.78 Å². The van der Waals surface area contributed by atoms with Crippen molar-refractivity contribution in [1.29, 1.82) is 0 Å². The molecule has 0 saturated carbocycles. The molecule has 6 heteroatoms. The Morgan fingerprint density at radius 3 is 3.20 bits per heavy atom. The molecule has 2 amide bonds. The van der Waals surface area contributed by atoms with E-state index in [1.165, 1.54) is 0 Å². The van der Waals surface area contributed by atoms with Crippen LogP contribution < -0.4 is 10.6 Å². The molecule has 1 aliphatic heterocycles. The predicted molar refractivity (Wildman–Crippen MR) is 51.5 cm³/mol. The Kier molecular flexibility index (Phi) is 2.24. The van der Waals surface area contributed by atoms with Crippen molar-refractivity contribution < 1.29 is 14.7 Å². The topological polar surface area (TPSA) is 91.3 Å². The number of fused-ring (bicyclic) bond motifs is 1. The van der Waals surface area contributed by atoms with Gasteiger partial charge in [-0.05, 0) is 11.6 Å². The van der Waals surface area contributed by atoms with E-state index < -0.39 is 12.1 Å². The van der Waals surface area contributed by atoms with Crippen molar-refractivity contribution in [1.82, 2.24) is 10.3 Å². The number of aromatic nitrogens is 1. The second kappa shape index (κ2) is 3.56. The summed E-state index contributed by atoms with van der Waals surface area (Å²) in [5.74, 6) is -0.349. The van der Waals surface area contributed by atoms with E-state index in [0.29, 0.717) is 12.1 Å². The van der Waals surface area contributed by atoms with E-state index in [1.54, 1.807) is 18.5 Å². The lowest BCUT2D eigenvalue weighted by Gasteiger charge is -2.23. The van der Waals surface area contributed by atoms with Gasteiger partial charge in [-0.15, -0.1) is 0 Å². The molecule has 1 aliphatic rings. The van der Waals surface area contributed by atoms with E-state index in [2.05, 4.69) is 15.6 Å². The summed E-state index contributed by atoms with van der Waals surface area (Å²) < 4.78 is 0. The minimum Gasteiger partial charge on any atom is -0.465 e. The molecule has 0 aliphatic carbocycles. The zero-order valence-electron chi connectivity index (χ0n) is 7.73. The number of nitrogens with one attached hydrogen (secondary N) is 2. The molecule has 0 radical (unpaired) electrons. The smallest absolute Gasteiger partial charge is 0.405 e. The van der Waals surface area contributed by atoms with Gasteiger partial charge < -0.3 is 15.7 Å². The molecule has 3 N–H and O–H groups in total. The SMILES string of the molecule is O=C(O)NC1Cc2ccncc2NC1=O. The number of pyridine rings is 1. The lowest BCUT2D eigenvalue weighted by atomic mass is 10.0. The standard InChI is InChI=1S/C9H9N3O3/c13-8-6(12-9(14)15)3-5-1-2-10-4-7(5)11-8/h1-2,4,6,12H,3H2,(H,11,13)(H,14,15). The van der Waals surface area contributed by atoms with Crippen molar-refractivity contribution in [2.24, 2.45) is 0 Å². The van der Waals surface area contributed by atoms with Gasteiger partial charge in [0.05, 0.1) is 11.9 Å². The normalized spacial score (nSPS) is 18.9. The average Bonchev–Trinajstić information content (AvgIpc) is 2.18. The summed E-state index contributed by atoms with van der Waals surface area (Å²) in [5.41, 5.74) is 1.52. The van der Waals surface area contributed by atoms with E-state index in [0.717, 1.165) is 5.56 Å². The van der Waals surface area contributed by atoms with E-state index >= 15 is 0 Å². The van der Waals surface area contributed by atoms with E-state index in [-0.39, 0.29) is 5.91 Å². The molecule has 0 aromatic carbocycles. The number of anilines is 1. The van der Waals surface area contributed by atoms with Crippen LogP contribution in [0.25, 0.3) is 0 Å². The zero-order chi connectivity index (χ0) is 10.8. The van der Waals surface area contributed by atoms with Crippen LogP contribution in [0.1, 0.15) is 5.56 Å². The number of hydrogen-bond donors (Lipinski definition) is 3. The average molecular weight is 207 g/mol. The molecule has 2 rings (SSSR count). The highest BCUT2D eigenvalue weighted by atomic mass is 16.4. The molecule has 1 unspecified atom stereocenters. The molecule has 78 valence electrons. The molecule has 2 heterocycles. The largest absolute Gasteiger partial charge is 0.465 e. The molecular formula is C9H9N3O3. The Morgan fingerprint density at radius 2 is 2.47 bits per heavy atom. The maximum Gasteiger partial charge on any atom is 0.405 e. The summed E-state index contributed by atoms with van der Waals surface area (Å²) in [4.78, 5) is 25.7. The molecule has 0 fully saturated rings. The molecule has 0 saturated heterocycles. The Morgan fingerprint density at radius 1 is 1.67 bits per heavy atom. The van der Waals surface area contributed by atoms with Crippen molar-refractivity contribution in [3.63, 3.8) is 0 Å². The van der Waals surface area contributed by atoms with Crippen LogP contribution in [0.4, 0.5) is 10.5 Å². The Balaban J connectivity index is 2.22. The van der Waals surface area contributed by atoms with E-state index in [1.807, 2.05) is 0 Å². The second-order valence-electron chi connectivity index (χ2n) is 3.23. The molecule has 6 nitrogen and oxygen atoms in total. The summed E-state index contributed by atoms with van der Waals surface area (Å²) in [6, 6.07) is 1.03. The summed E-state index contributed by atoms with van der Waals surface area (Å²) >= 11 is 0. The fourth-order valence-electron chi connectivity index (χ4n) is 1.51. The van der Waals surface area contributed by atoms with Crippen molar-refractivity contribution in [2.75, 3.05) is 5.32 Å². The fraction of sp³-hybridized carbons (Fsp3) is 0.222. The lowest BCUT2D eigenvalue weighted by molar-refractivity contribution is -0.118. The van der Waals surface area contributed by atoms with Gasteiger partial charge in [-0.25, -0.2) is 4.79 Å². The first kappa shape index (κ1) is 9.45. The van der Waals surface area contributed by atoms with Gasteiger partial charge in [0, 0.05) is 12.6 Å². The number of hydrogen-bond acceptors (Lipinski definition) is 3. The molecule has 1 aromatic heterocycles. The predicted octanol–water partition coefficient (Wildman–Crippen LogP) is 0.212. The van der Waals surface area contributed by atoms with Crippen LogP contribution in [0.15, 0.2) is 18.5 Å². The van der Waals surface area contributed by atoms with Crippen molar-refractivity contribution in [2.45, 2.75) is 12.5 Å². The van der Waals surface area contributed by atoms with Gasteiger partial charge in [0.15, 0.2) is 0 Å². The minimum absolute atomic E-state index is 0.349. The molecule has 0 spiro atoms. The highest BCUT2D eigenvalue weighted by Gasteiger charge is 2.27. The third-order valence-corrected chi connectivity index (χ3v) is 2.21. The summed E-state index contributed by atoms with van der Waals surface area (Å²) in [5, 5.41) is 13.3. The number of carbonyl (C=O) groups excluding carboxylic acids is 1. The van der Waals surface area contributed by atoms with Crippen LogP contribution in [-0.2, 0) is 11.2 Å². The number of carbonyl (C=O) groups is 2. The Bertz CT molecular complexity index is 419. The van der Waals surface area contributed by atoms with Crippen LogP contribution >= 0.6 is 0 Å². The number of rotatable bonds is 1. The first-order chi connectivity index (χ1) is 7.16. The van der Waals surface area contributed by atoms with Crippen LogP contribution in [0.5, 0.6) is 0 Å². The third-order valence-electron chi connectivity index (χ3n) is 2.21. The molecule has 1 aromatic rings. The lowest BCUT2D eigenvalue weighted by Crippen LogP contribution is -2.47. The van der Waals surface area contributed by atoms with Gasteiger partial charge in [0.1, 0.15) is 6.04 Å². The Labute approximate surface area is 85.3 Å². The van der Waals surface area contributed by atoms with Gasteiger partial charge >= 0.3 is 6.09 Å². The van der Waals surface area contributed by atoms with Gasteiger partial charge in [-0.1, -0.05) is 0 Å². The second-order valence-corrected chi connectivity index (χ2v) is 3.23. The van der Waals surface area contributed by atoms with Gasteiger partial charge in [-0.2, -0.15) is 0 Å². The van der Waals surface area contributed by atoms with Crippen LogP contribution in [0.2, 0.25) is 0 Å². The summed E-state index contributed by atoms with van der Waals surface area (Å²) in [6.45, 7) is 0.